The average molecular weight is 394 g/mol. The summed E-state index contributed by atoms with van der Waals surface area (Å²) in [5, 5.41) is 3.26. The van der Waals surface area contributed by atoms with Crippen LogP contribution in [0.2, 0.25) is 5.02 Å². The second-order valence-electron chi connectivity index (χ2n) is 8.04. The van der Waals surface area contributed by atoms with Crippen LogP contribution in [0.5, 0.6) is 0 Å². The van der Waals surface area contributed by atoms with Gasteiger partial charge in [-0.05, 0) is 36.5 Å². The predicted molar refractivity (Wildman–Crippen MR) is 105 cm³/mol. The Morgan fingerprint density at radius 2 is 1.63 bits per heavy atom. The van der Waals surface area contributed by atoms with Gasteiger partial charge in [0, 0.05) is 18.1 Å². The topological polar surface area (TPSA) is 69.7 Å². The maximum absolute atomic E-state index is 13.0. The first-order valence-electron chi connectivity index (χ1n) is 9.22. The highest BCUT2D eigenvalue weighted by Crippen LogP contribution is 2.29. The van der Waals surface area contributed by atoms with Crippen LogP contribution >= 0.6 is 11.6 Å². The van der Waals surface area contributed by atoms with E-state index in [2.05, 4.69) is 5.32 Å². The summed E-state index contributed by atoms with van der Waals surface area (Å²) in [7, 11) is 0. The lowest BCUT2D eigenvalue weighted by Gasteiger charge is -2.28. The summed E-state index contributed by atoms with van der Waals surface area (Å²) in [6.07, 6.45) is 0. The van der Waals surface area contributed by atoms with Gasteiger partial charge in [0.2, 0.25) is 5.91 Å². The molecule has 0 aromatic heterocycles. The van der Waals surface area contributed by atoms with Gasteiger partial charge in [0.1, 0.15) is 12.1 Å². The minimum Gasteiger partial charge on any atom is -0.341 e. The SMILES string of the molecule is CC(C)CN(CC(C)C)C(=O)CN1C(=O)NC(C)(c2ccc(Cl)cc2)C1=O. The average Bonchev–Trinajstić information content (AvgIpc) is 2.78. The monoisotopic (exact) mass is 393 g/mol. The fourth-order valence-corrected chi connectivity index (χ4v) is 3.34. The second-order valence-corrected chi connectivity index (χ2v) is 8.48. The van der Waals surface area contributed by atoms with Crippen LogP contribution in [0.1, 0.15) is 40.2 Å². The van der Waals surface area contributed by atoms with E-state index < -0.39 is 17.5 Å². The zero-order chi connectivity index (χ0) is 20.4. The number of hydrogen-bond donors (Lipinski definition) is 1. The Hall–Kier alpha value is -2.08. The predicted octanol–water partition coefficient (Wildman–Crippen LogP) is 3.25. The summed E-state index contributed by atoms with van der Waals surface area (Å²) >= 11 is 5.91. The summed E-state index contributed by atoms with van der Waals surface area (Å²) < 4.78 is 0. The van der Waals surface area contributed by atoms with Gasteiger partial charge >= 0.3 is 6.03 Å². The fraction of sp³-hybridized carbons (Fsp3) is 0.550. The standard InChI is InChI=1S/C20H28ClN3O3/c1-13(2)10-23(11-14(3)4)17(25)12-24-18(26)20(5,22-19(24)27)15-6-8-16(21)9-7-15/h6-9,13-14H,10-12H2,1-5H3,(H,22,27). The molecule has 0 bridgehead atoms. The number of urea groups is 1. The van der Waals surface area contributed by atoms with Gasteiger partial charge in [-0.3, -0.25) is 14.5 Å². The van der Waals surface area contributed by atoms with Crippen molar-refractivity contribution < 1.29 is 14.4 Å². The molecule has 6 nitrogen and oxygen atoms in total. The maximum atomic E-state index is 13.0. The zero-order valence-corrected chi connectivity index (χ0v) is 17.3. The smallest absolute Gasteiger partial charge is 0.325 e. The molecular weight excluding hydrogens is 366 g/mol. The van der Waals surface area contributed by atoms with Gasteiger partial charge in [-0.2, -0.15) is 0 Å². The Bertz CT molecular complexity index is 708. The molecular formula is C20H28ClN3O3. The molecule has 7 heteroatoms. The first kappa shape index (κ1) is 21.2. The molecule has 1 heterocycles. The molecule has 1 fully saturated rings. The van der Waals surface area contributed by atoms with Crippen molar-refractivity contribution in [3.63, 3.8) is 0 Å². The number of carbonyl (C=O) groups is 3. The van der Waals surface area contributed by atoms with Crippen molar-refractivity contribution in [3.05, 3.63) is 34.9 Å². The third-order valence-corrected chi connectivity index (χ3v) is 4.77. The Morgan fingerprint density at radius 3 is 2.11 bits per heavy atom. The number of amides is 4. The van der Waals surface area contributed by atoms with Crippen LogP contribution in [0, 0.1) is 11.8 Å². The Balaban J connectivity index is 2.18. The van der Waals surface area contributed by atoms with Crippen LogP contribution < -0.4 is 5.32 Å². The summed E-state index contributed by atoms with van der Waals surface area (Å²) in [5.74, 6) is -0.0521. The third-order valence-electron chi connectivity index (χ3n) is 4.51. The van der Waals surface area contributed by atoms with Gasteiger partial charge in [0.15, 0.2) is 0 Å². The maximum Gasteiger partial charge on any atom is 0.325 e. The van der Waals surface area contributed by atoms with E-state index in [0.717, 1.165) is 4.90 Å². The molecule has 1 saturated heterocycles. The van der Waals surface area contributed by atoms with Gasteiger partial charge < -0.3 is 10.2 Å². The van der Waals surface area contributed by atoms with Gasteiger partial charge in [0.25, 0.3) is 5.91 Å². The molecule has 1 N–H and O–H groups in total. The zero-order valence-electron chi connectivity index (χ0n) is 16.6. The number of nitrogens with zero attached hydrogens (tertiary/aromatic N) is 2. The molecule has 1 aromatic rings. The number of halogens is 1. The van der Waals surface area contributed by atoms with Gasteiger partial charge in [-0.25, -0.2) is 4.79 Å². The van der Waals surface area contributed by atoms with Crippen molar-refractivity contribution in [3.8, 4) is 0 Å². The quantitative estimate of drug-likeness (QED) is 0.723. The van der Waals surface area contributed by atoms with E-state index in [0.29, 0.717) is 35.5 Å². The molecule has 1 aliphatic rings. The van der Waals surface area contributed by atoms with Crippen molar-refractivity contribution in [2.24, 2.45) is 11.8 Å². The van der Waals surface area contributed by atoms with Crippen LogP contribution in [0.4, 0.5) is 4.79 Å². The van der Waals surface area contributed by atoms with E-state index in [1.165, 1.54) is 0 Å². The molecule has 0 radical (unpaired) electrons. The summed E-state index contributed by atoms with van der Waals surface area (Å²) in [5.41, 5.74) is -0.579. The van der Waals surface area contributed by atoms with E-state index in [9.17, 15) is 14.4 Å². The molecule has 148 valence electrons. The first-order chi connectivity index (χ1) is 12.5. The van der Waals surface area contributed by atoms with Crippen LogP contribution in [0.25, 0.3) is 0 Å². The number of rotatable bonds is 7. The molecule has 4 amide bonds. The number of hydrogen-bond acceptors (Lipinski definition) is 3. The van der Waals surface area contributed by atoms with Gasteiger partial charge in [-0.1, -0.05) is 51.4 Å². The van der Waals surface area contributed by atoms with E-state index >= 15 is 0 Å². The van der Waals surface area contributed by atoms with E-state index in [1.807, 2.05) is 27.7 Å². The number of benzene rings is 1. The fourth-order valence-electron chi connectivity index (χ4n) is 3.21. The van der Waals surface area contributed by atoms with E-state index in [-0.39, 0.29) is 12.5 Å². The van der Waals surface area contributed by atoms with Crippen molar-refractivity contribution in [1.29, 1.82) is 0 Å². The Morgan fingerprint density at radius 1 is 1.11 bits per heavy atom. The third kappa shape index (κ3) is 4.80. The van der Waals surface area contributed by atoms with Crippen molar-refractivity contribution in [2.45, 2.75) is 40.2 Å². The molecule has 1 aliphatic heterocycles. The van der Waals surface area contributed by atoms with Crippen LogP contribution in [-0.4, -0.2) is 47.3 Å². The van der Waals surface area contributed by atoms with Crippen LogP contribution in [0.3, 0.4) is 0 Å². The largest absolute Gasteiger partial charge is 0.341 e. The molecule has 1 atom stereocenters. The highest BCUT2D eigenvalue weighted by Gasteiger charge is 2.49. The highest BCUT2D eigenvalue weighted by atomic mass is 35.5. The number of nitrogens with one attached hydrogen (secondary N) is 1. The van der Waals surface area contributed by atoms with E-state index in [4.69, 9.17) is 11.6 Å². The lowest BCUT2D eigenvalue weighted by Crippen LogP contribution is -2.46. The highest BCUT2D eigenvalue weighted by molar-refractivity contribution is 6.30. The van der Waals surface area contributed by atoms with E-state index in [1.54, 1.807) is 36.1 Å². The molecule has 2 rings (SSSR count). The summed E-state index contributed by atoms with van der Waals surface area (Å²) in [4.78, 5) is 40.9. The summed E-state index contributed by atoms with van der Waals surface area (Å²) in [6.45, 7) is 10.7. The Kier molecular flexibility index (Phi) is 6.52. The van der Waals surface area contributed by atoms with Crippen molar-refractivity contribution in [2.75, 3.05) is 19.6 Å². The second kappa shape index (κ2) is 8.30. The molecule has 0 aliphatic carbocycles. The molecule has 1 unspecified atom stereocenters. The van der Waals surface area contributed by atoms with Crippen molar-refractivity contribution >= 4 is 29.4 Å². The lowest BCUT2D eigenvalue weighted by atomic mass is 9.92. The normalized spacial score (nSPS) is 19.8. The Labute approximate surface area is 165 Å². The molecule has 1 aromatic carbocycles. The number of imide groups is 1. The molecule has 0 saturated carbocycles. The van der Waals surface area contributed by atoms with Gasteiger partial charge in [0.05, 0.1) is 0 Å². The van der Waals surface area contributed by atoms with Crippen LogP contribution in [-0.2, 0) is 15.1 Å². The molecule has 0 spiro atoms. The minimum atomic E-state index is -1.21. The van der Waals surface area contributed by atoms with Gasteiger partial charge in [-0.15, -0.1) is 0 Å². The van der Waals surface area contributed by atoms with Crippen molar-refractivity contribution in [1.82, 2.24) is 15.1 Å². The van der Waals surface area contributed by atoms with Crippen LogP contribution in [0.15, 0.2) is 24.3 Å². The molecule has 27 heavy (non-hydrogen) atoms. The lowest BCUT2D eigenvalue weighted by molar-refractivity contribution is -0.139. The summed E-state index contributed by atoms with van der Waals surface area (Å²) in [6, 6.07) is 6.19. The first-order valence-corrected chi connectivity index (χ1v) is 9.60. The minimum absolute atomic E-state index is 0.221. The number of carbonyl (C=O) groups excluding carboxylic acids is 3.